The van der Waals surface area contributed by atoms with E-state index >= 15 is 0 Å². The molecule has 15 heavy (non-hydrogen) atoms. The van der Waals surface area contributed by atoms with Crippen molar-refractivity contribution in [2.24, 2.45) is 11.8 Å². The standard InChI is InChI=1S/C13H17NO/c1-10(2)8-12(9-14)13(15)11-6-4-3-5-7-11/h3-7,10,12-13,15H,8H2,1-2H3. The van der Waals surface area contributed by atoms with Gasteiger partial charge in [0, 0.05) is 0 Å². The molecule has 0 aliphatic rings. The van der Waals surface area contributed by atoms with Crippen LogP contribution in [0.1, 0.15) is 31.9 Å². The van der Waals surface area contributed by atoms with Crippen LogP contribution < -0.4 is 0 Å². The first-order chi connectivity index (χ1) is 7.15. The van der Waals surface area contributed by atoms with E-state index in [1.54, 1.807) is 0 Å². The minimum Gasteiger partial charge on any atom is -0.387 e. The molecule has 0 bridgehead atoms. The summed E-state index contributed by atoms with van der Waals surface area (Å²) < 4.78 is 0. The van der Waals surface area contributed by atoms with E-state index in [-0.39, 0.29) is 5.92 Å². The molecule has 1 N–H and O–H groups in total. The molecule has 1 rings (SSSR count). The van der Waals surface area contributed by atoms with Gasteiger partial charge in [-0.25, -0.2) is 0 Å². The normalized spacial score (nSPS) is 14.6. The van der Waals surface area contributed by atoms with Crippen LogP contribution in [0, 0.1) is 23.2 Å². The molecule has 0 aliphatic heterocycles. The molecule has 0 aliphatic carbocycles. The monoisotopic (exact) mass is 203 g/mol. The first-order valence-corrected chi connectivity index (χ1v) is 5.27. The molecular formula is C13H17NO. The minimum atomic E-state index is -0.668. The Bertz CT molecular complexity index is 326. The average molecular weight is 203 g/mol. The summed E-state index contributed by atoms with van der Waals surface area (Å²) in [5.74, 6) is 0.111. The van der Waals surface area contributed by atoms with Crippen molar-refractivity contribution in [2.75, 3.05) is 0 Å². The molecule has 0 amide bonds. The first-order valence-electron chi connectivity index (χ1n) is 5.27. The number of hydrogen-bond acceptors (Lipinski definition) is 2. The van der Waals surface area contributed by atoms with E-state index in [0.29, 0.717) is 5.92 Å². The molecule has 2 unspecified atom stereocenters. The number of nitriles is 1. The fraction of sp³-hybridized carbons (Fsp3) is 0.462. The van der Waals surface area contributed by atoms with E-state index in [1.807, 2.05) is 30.3 Å². The molecule has 0 radical (unpaired) electrons. The topological polar surface area (TPSA) is 44.0 Å². The summed E-state index contributed by atoms with van der Waals surface area (Å²) in [5, 5.41) is 19.0. The highest BCUT2D eigenvalue weighted by atomic mass is 16.3. The summed E-state index contributed by atoms with van der Waals surface area (Å²) >= 11 is 0. The van der Waals surface area contributed by atoms with Gasteiger partial charge in [-0.1, -0.05) is 44.2 Å². The summed E-state index contributed by atoms with van der Waals surface area (Å²) in [6.07, 6.45) is 0.0608. The van der Waals surface area contributed by atoms with Crippen molar-refractivity contribution in [3.8, 4) is 6.07 Å². The van der Waals surface area contributed by atoms with Gasteiger partial charge in [-0.05, 0) is 17.9 Å². The maximum atomic E-state index is 10.0. The van der Waals surface area contributed by atoms with Crippen LogP contribution in [0.3, 0.4) is 0 Å². The Morgan fingerprint density at radius 1 is 1.27 bits per heavy atom. The highest BCUT2D eigenvalue weighted by molar-refractivity contribution is 5.19. The highest BCUT2D eigenvalue weighted by Crippen LogP contribution is 2.26. The number of rotatable bonds is 4. The van der Waals surface area contributed by atoms with Crippen molar-refractivity contribution in [1.29, 1.82) is 5.26 Å². The molecule has 2 heteroatoms. The quantitative estimate of drug-likeness (QED) is 0.817. The van der Waals surface area contributed by atoms with Gasteiger partial charge in [-0.2, -0.15) is 5.26 Å². The number of benzene rings is 1. The van der Waals surface area contributed by atoms with E-state index < -0.39 is 6.10 Å². The fourth-order valence-corrected chi connectivity index (χ4v) is 1.64. The van der Waals surface area contributed by atoms with Gasteiger partial charge >= 0.3 is 0 Å². The van der Waals surface area contributed by atoms with Gasteiger partial charge in [0.1, 0.15) is 0 Å². The smallest absolute Gasteiger partial charge is 0.0948 e. The Morgan fingerprint density at radius 3 is 2.33 bits per heavy atom. The zero-order chi connectivity index (χ0) is 11.3. The Hall–Kier alpha value is -1.33. The number of aliphatic hydroxyl groups excluding tert-OH is 1. The van der Waals surface area contributed by atoms with Crippen LogP contribution in [-0.4, -0.2) is 5.11 Å². The number of hydrogen-bond donors (Lipinski definition) is 1. The van der Waals surface area contributed by atoms with E-state index in [1.165, 1.54) is 0 Å². The van der Waals surface area contributed by atoms with Crippen LogP contribution in [0.5, 0.6) is 0 Å². The summed E-state index contributed by atoms with van der Waals surface area (Å²) in [4.78, 5) is 0. The molecule has 2 nitrogen and oxygen atoms in total. The van der Waals surface area contributed by atoms with Gasteiger partial charge in [0.25, 0.3) is 0 Å². The Kier molecular flexibility index (Phi) is 4.33. The lowest BCUT2D eigenvalue weighted by molar-refractivity contribution is 0.123. The first kappa shape index (κ1) is 11.7. The molecule has 0 saturated heterocycles. The minimum absolute atomic E-state index is 0.313. The molecule has 0 spiro atoms. The fourth-order valence-electron chi connectivity index (χ4n) is 1.64. The SMILES string of the molecule is CC(C)CC(C#N)C(O)c1ccccc1. The molecule has 1 aromatic rings. The zero-order valence-electron chi connectivity index (χ0n) is 9.22. The van der Waals surface area contributed by atoms with E-state index in [0.717, 1.165) is 12.0 Å². The van der Waals surface area contributed by atoms with E-state index in [2.05, 4.69) is 19.9 Å². The van der Waals surface area contributed by atoms with Crippen molar-refractivity contribution in [3.63, 3.8) is 0 Å². The molecular weight excluding hydrogens is 186 g/mol. The average Bonchev–Trinajstić information content (AvgIpc) is 2.26. The third-order valence-corrected chi connectivity index (χ3v) is 2.41. The molecule has 0 fully saturated rings. The van der Waals surface area contributed by atoms with Gasteiger partial charge in [0.05, 0.1) is 18.1 Å². The van der Waals surface area contributed by atoms with Gasteiger partial charge in [0.15, 0.2) is 0 Å². The Labute approximate surface area is 91.2 Å². The predicted molar refractivity (Wildman–Crippen MR) is 60.0 cm³/mol. The van der Waals surface area contributed by atoms with Gasteiger partial charge in [-0.3, -0.25) is 0 Å². The second-order valence-corrected chi connectivity index (χ2v) is 4.22. The summed E-state index contributed by atoms with van der Waals surface area (Å²) in [6.45, 7) is 4.12. The largest absolute Gasteiger partial charge is 0.387 e. The molecule has 2 atom stereocenters. The second-order valence-electron chi connectivity index (χ2n) is 4.22. The molecule has 1 aromatic carbocycles. The van der Waals surface area contributed by atoms with E-state index in [4.69, 9.17) is 5.26 Å². The summed E-state index contributed by atoms with van der Waals surface area (Å²) in [6, 6.07) is 11.6. The van der Waals surface area contributed by atoms with Crippen LogP contribution in [0.4, 0.5) is 0 Å². The van der Waals surface area contributed by atoms with E-state index in [9.17, 15) is 5.11 Å². The Balaban J connectivity index is 2.74. The van der Waals surface area contributed by atoms with Crippen molar-refractivity contribution < 1.29 is 5.11 Å². The van der Waals surface area contributed by atoms with Gasteiger partial charge < -0.3 is 5.11 Å². The molecule has 80 valence electrons. The molecule has 0 aromatic heterocycles. The van der Waals surface area contributed by atoms with Gasteiger partial charge in [-0.15, -0.1) is 0 Å². The zero-order valence-corrected chi connectivity index (χ0v) is 9.22. The van der Waals surface area contributed by atoms with Crippen molar-refractivity contribution in [2.45, 2.75) is 26.4 Å². The van der Waals surface area contributed by atoms with Crippen LogP contribution >= 0.6 is 0 Å². The maximum Gasteiger partial charge on any atom is 0.0948 e. The second kappa shape index (κ2) is 5.53. The van der Waals surface area contributed by atoms with Crippen LogP contribution in [-0.2, 0) is 0 Å². The van der Waals surface area contributed by atoms with Crippen LogP contribution in [0.25, 0.3) is 0 Å². The van der Waals surface area contributed by atoms with Crippen molar-refractivity contribution in [1.82, 2.24) is 0 Å². The van der Waals surface area contributed by atoms with Crippen LogP contribution in [0.2, 0.25) is 0 Å². The number of aliphatic hydroxyl groups is 1. The lowest BCUT2D eigenvalue weighted by Crippen LogP contribution is -2.13. The van der Waals surface area contributed by atoms with Crippen LogP contribution in [0.15, 0.2) is 30.3 Å². The van der Waals surface area contributed by atoms with Crippen molar-refractivity contribution >= 4 is 0 Å². The lowest BCUT2D eigenvalue weighted by atomic mass is 9.89. The Morgan fingerprint density at radius 2 is 1.87 bits per heavy atom. The summed E-state index contributed by atoms with van der Waals surface area (Å²) in [5.41, 5.74) is 0.824. The predicted octanol–water partition coefficient (Wildman–Crippen LogP) is 2.91. The van der Waals surface area contributed by atoms with Gasteiger partial charge in [0.2, 0.25) is 0 Å². The highest BCUT2D eigenvalue weighted by Gasteiger charge is 2.21. The summed E-state index contributed by atoms with van der Waals surface area (Å²) in [7, 11) is 0. The van der Waals surface area contributed by atoms with Crippen molar-refractivity contribution in [3.05, 3.63) is 35.9 Å². The third-order valence-electron chi connectivity index (χ3n) is 2.41. The lowest BCUT2D eigenvalue weighted by Gasteiger charge is -2.18. The molecule has 0 heterocycles. The number of nitrogens with zero attached hydrogens (tertiary/aromatic N) is 1. The third kappa shape index (κ3) is 3.38. The maximum absolute atomic E-state index is 10.0. The molecule has 0 saturated carbocycles.